The molecule has 0 radical (unpaired) electrons. The summed E-state index contributed by atoms with van der Waals surface area (Å²) in [6, 6.07) is 7.90. The number of carbonyl (C=O) groups excluding carboxylic acids is 1. The van der Waals surface area contributed by atoms with Gasteiger partial charge >= 0.3 is 0 Å². The zero-order chi connectivity index (χ0) is 12.1. The van der Waals surface area contributed by atoms with E-state index in [4.69, 9.17) is 4.74 Å². The summed E-state index contributed by atoms with van der Waals surface area (Å²) < 4.78 is 5.54. The van der Waals surface area contributed by atoms with Crippen LogP contribution in [0.15, 0.2) is 24.3 Å². The molecule has 2 rings (SSSR count). The van der Waals surface area contributed by atoms with E-state index in [9.17, 15) is 4.79 Å². The lowest BCUT2D eigenvalue weighted by Crippen LogP contribution is -2.28. The Hall–Kier alpha value is -1.51. The Bertz CT molecular complexity index is 366. The van der Waals surface area contributed by atoms with Crippen molar-refractivity contribution in [3.63, 3.8) is 0 Å². The van der Waals surface area contributed by atoms with Crippen LogP contribution >= 0.6 is 0 Å². The maximum Gasteiger partial charge on any atom is 0.225 e. The Morgan fingerprint density at radius 1 is 1.24 bits per heavy atom. The molecule has 0 bridgehead atoms. The van der Waals surface area contributed by atoms with Crippen LogP contribution in [0.5, 0.6) is 5.75 Å². The van der Waals surface area contributed by atoms with Gasteiger partial charge in [-0.2, -0.15) is 0 Å². The summed E-state index contributed by atoms with van der Waals surface area (Å²) in [5, 5.41) is 0. The van der Waals surface area contributed by atoms with Gasteiger partial charge in [0.2, 0.25) is 5.91 Å². The van der Waals surface area contributed by atoms with Gasteiger partial charge in [0.15, 0.2) is 0 Å². The number of hydrogen-bond acceptors (Lipinski definition) is 2. The first-order chi connectivity index (χ1) is 8.25. The fourth-order valence-corrected chi connectivity index (χ4v) is 2.02. The number of hydrogen-bond donors (Lipinski definition) is 0. The summed E-state index contributed by atoms with van der Waals surface area (Å²) in [7, 11) is 0. The zero-order valence-electron chi connectivity index (χ0n) is 10.3. The third-order valence-electron chi connectivity index (χ3n) is 3.06. The quantitative estimate of drug-likeness (QED) is 0.799. The molecule has 0 N–H and O–H groups in total. The highest BCUT2D eigenvalue weighted by molar-refractivity contribution is 5.76. The average Bonchev–Trinajstić information content (AvgIpc) is 2.85. The lowest BCUT2D eigenvalue weighted by Gasteiger charge is -2.15. The second kappa shape index (κ2) is 5.71. The molecule has 0 aliphatic carbocycles. The Morgan fingerprint density at radius 2 is 1.88 bits per heavy atom. The molecule has 3 nitrogen and oxygen atoms in total. The number of ether oxygens (including phenoxy) is 1. The molecule has 1 amide bonds. The lowest BCUT2D eigenvalue weighted by molar-refractivity contribution is -0.130. The van der Waals surface area contributed by atoms with Gasteiger partial charge in [0.05, 0.1) is 13.0 Å². The summed E-state index contributed by atoms with van der Waals surface area (Å²) in [5.74, 6) is 1.06. The van der Waals surface area contributed by atoms with E-state index in [0.29, 0.717) is 13.0 Å². The maximum absolute atomic E-state index is 11.7. The summed E-state index contributed by atoms with van der Waals surface area (Å²) in [6.07, 6.45) is 2.77. The molecule has 0 unspecified atom stereocenters. The Kier molecular flexibility index (Phi) is 4.02. The smallest absolute Gasteiger partial charge is 0.225 e. The van der Waals surface area contributed by atoms with Gasteiger partial charge in [0, 0.05) is 13.1 Å². The van der Waals surface area contributed by atoms with Crippen molar-refractivity contribution in [3.05, 3.63) is 29.8 Å². The number of nitrogens with zero attached hydrogens (tertiary/aromatic N) is 1. The van der Waals surface area contributed by atoms with E-state index in [1.807, 2.05) is 36.1 Å². The Labute approximate surface area is 102 Å². The molecule has 0 atom stereocenters. The first-order valence-corrected chi connectivity index (χ1v) is 6.23. The van der Waals surface area contributed by atoms with Gasteiger partial charge in [-0.05, 0) is 31.9 Å². The normalized spacial score (nSPS) is 15.0. The van der Waals surface area contributed by atoms with E-state index in [1.54, 1.807) is 0 Å². The topological polar surface area (TPSA) is 29.5 Å². The van der Waals surface area contributed by atoms with Gasteiger partial charge in [-0.25, -0.2) is 0 Å². The molecule has 1 saturated heterocycles. The van der Waals surface area contributed by atoms with E-state index in [0.717, 1.165) is 31.7 Å². The molecular formula is C14H19NO2. The Balaban J connectivity index is 1.72. The first kappa shape index (κ1) is 12.0. The van der Waals surface area contributed by atoms with Crippen LogP contribution in [0, 0.1) is 6.92 Å². The molecule has 1 heterocycles. The number of aryl methyl sites for hydroxylation is 1. The number of likely N-dealkylation sites (tertiary alicyclic amines) is 1. The van der Waals surface area contributed by atoms with Crippen LogP contribution in [0.4, 0.5) is 0 Å². The summed E-state index contributed by atoms with van der Waals surface area (Å²) in [6.45, 7) is 4.35. The van der Waals surface area contributed by atoms with Crippen LogP contribution in [0.25, 0.3) is 0 Å². The first-order valence-electron chi connectivity index (χ1n) is 6.23. The summed E-state index contributed by atoms with van der Waals surface area (Å²) in [4.78, 5) is 13.7. The van der Waals surface area contributed by atoms with Crippen molar-refractivity contribution in [2.24, 2.45) is 0 Å². The van der Waals surface area contributed by atoms with Crippen molar-refractivity contribution < 1.29 is 9.53 Å². The second-order valence-electron chi connectivity index (χ2n) is 4.50. The van der Waals surface area contributed by atoms with E-state index in [1.165, 1.54) is 5.56 Å². The van der Waals surface area contributed by atoms with Gasteiger partial charge in [0.25, 0.3) is 0 Å². The standard InChI is InChI=1S/C14H19NO2/c1-12-4-6-13(7-5-12)17-11-8-14(16)15-9-2-3-10-15/h4-7H,2-3,8-11H2,1H3. The lowest BCUT2D eigenvalue weighted by atomic mass is 10.2. The fraction of sp³-hybridized carbons (Fsp3) is 0.500. The molecular weight excluding hydrogens is 214 g/mol. The summed E-state index contributed by atoms with van der Waals surface area (Å²) in [5.41, 5.74) is 1.21. The molecule has 3 heteroatoms. The number of amides is 1. The monoisotopic (exact) mass is 233 g/mol. The van der Waals surface area contributed by atoms with Crippen LogP contribution in [-0.4, -0.2) is 30.5 Å². The molecule has 17 heavy (non-hydrogen) atoms. The van der Waals surface area contributed by atoms with Crippen LogP contribution in [0.2, 0.25) is 0 Å². The molecule has 0 spiro atoms. The van der Waals surface area contributed by atoms with Crippen LogP contribution < -0.4 is 4.74 Å². The third kappa shape index (κ3) is 3.48. The second-order valence-corrected chi connectivity index (χ2v) is 4.50. The SMILES string of the molecule is Cc1ccc(OCCC(=O)N2CCCC2)cc1. The average molecular weight is 233 g/mol. The van der Waals surface area contributed by atoms with Crippen molar-refractivity contribution in [1.29, 1.82) is 0 Å². The number of benzene rings is 1. The van der Waals surface area contributed by atoms with Crippen molar-refractivity contribution in [2.75, 3.05) is 19.7 Å². The van der Waals surface area contributed by atoms with Gasteiger partial charge in [-0.3, -0.25) is 4.79 Å². The predicted octanol–water partition coefficient (Wildman–Crippen LogP) is 2.39. The van der Waals surface area contributed by atoms with Crippen LogP contribution in [0.1, 0.15) is 24.8 Å². The largest absolute Gasteiger partial charge is 0.493 e. The minimum atomic E-state index is 0.217. The Morgan fingerprint density at radius 3 is 2.53 bits per heavy atom. The maximum atomic E-state index is 11.7. The molecule has 1 aromatic rings. The van der Waals surface area contributed by atoms with Crippen LogP contribution in [0.3, 0.4) is 0 Å². The highest BCUT2D eigenvalue weighted by atomic mass is 16.5. The minimum Gasteiger partial charge on any atom is -0.493 e. The van der Waals surface area contributed by atoms with Gasteiger partial charge in [-0.1, -0.05) is 17.7 Å². The molecule has 0 aromatic heterocycles. The van der Waals surface area contributed by atoms with Crippen LogP contribution in [-0.2, 0) is 4.79 Å². The van der Waals surface area contributed by atoms with Gasteiger partial charge in [-0.15, -0.1) is 0 Å². The van der Waals surface area contributed by atoms with Crippen molar-refractivity contribution in [2.45, 2.75) is 26.2 Å². The zero-order valence-corrected chi connectivity index (χ0v) is 10.3. The third-order valence-corrected chi connectivity index (χ3v) is 3.06. The molecule has 1 fully saturated rings. The molecule has 1 aromatic carbocycles. The minimum absolute atomic E-state index is 0.217. The van der Waals surface area contributed by atoms with Crippen molar-refractivity contribution in [1.82, 2.24) is 4.90 Å². The van der Waals surface area contributed by atoms with Gasteiger partial charge in [0.1, 0.15) is 5.75 Å². The molecule has 1 aliphatic heterocycles. The number of rotatable bonds is 4. The molecule has 1 aliphatic rings. The molecule has 0 saturated carbocycles. The van der Waals surface area contributed by atoms with E-state index >= 15 is 0 Å². The van der Waals surface area contributed by atoms with Crippen molar-refractivity contribution >= 4 is 5.91 Å². The molecule has 92 valence electrons. The van der Waals surface area contributed by atoms with E-state index in [-0.39, 0.29) is 5.91 Å². The van der Waals surface area contributed by atoms with Crippen molar-refractivity contribution in [3.8, 4) is 5.75 Å². The van der Waals surface area contributed by atoms with E-state index in [2.05, 4.69) is 0 Å². The summed E-state index contributed by atoms with van der Waals surface area (Å²) >= 11 is 0. The van der Waals surface area contributed by atoms with E-state index < -0.39 is 0 Å². The number of carbonyl (C=O) groups is 1. The fourth-order valence-electron chi connectivity index (χ4n) is 2.02. The van der Waals surface area contributed by atoms with Gasteiger partial charge < -0.3 is 9.64 Å². The highest BCUT2D eigenvalue weighted by Gasteiger charge is 2.17. The predicted molar refractivity (Wildman–Crippen MR) is 67.1 cm³/mol. The highest BCUT2D eigenvalue weighted by Crippen LogP contribution is 2.13.